The van der Waals surface area contributed by atoms with Crippen molar-refractivity contribution in [2.45, 2.75) is 207 Å². The molecule has 0 N–H and O–H groups in total. The zero-order valence-corrected chi connectivity index (χ0v) is 31.1. The summed E-state index contributed by atoms with van der Waals surface area (Å²) in [7, 11) is 0. The summed E-state index contributed by atoms with van der Waals surface area (Å²) in [6.07, 6.45) is 40.6. The number of hydrogen-bond donors (Lipinski definition) is 0. The number of benzene rings is 1. The van der Waals surface area contributed by atoms with E-state index in [0.717, 1.165) is 0 Å². The van der Waals surface area contributed by atoms with E-state index in [1.54, 1.807) is 0 Å². The van der Waals surface area contributed by atoms with Gasteiger partial charge in [0.25, 0.3) is 0 Å². The Morgan fingerprint density at radius 2 is 0.628 bits per heavy atom. The van der Waals surface area contributed by atoms with E-state index in [4.69, 9.17) is 0 Å². The van der Waals surface area contributed by atoms with Crippen molar-refractivity contribution in [1.82, 2.24) is 0 Å². The van der Waals surface area contributed by atoms with Gasteiger partial charge in [-0.15, -0.1) is 17.0 Å². The van der Waals surface area contributed by atoms with Crippen LogP contribution in [0.3, 0.4) is 0 Å². The van der Waals surface area contributed by atoms with Crippen LogP contribution in [0.15, 0.2) is 24.3 Å². The van der Waals surface area contributed by atoms with Gasteiger partial charge in [0.15, 0.2) is 0 Å². The molecule has 0 bridgehead atoms. The fraction of sp³-hybridized carbons (Fsp3) is 0.850. The lowest BCUT2D eigenvalue weighted by Gasteiger charge is -2.30. The van der Waals surface area contributed by atoms with Crippen LogP contribution in [-0.4, -0.2) is 19.3 Å². The minimum absolute atomic E-state index is 0. The molecule has 0 fully saturated rings. The lowest BCUT2D eigenvalue weighted by molar-refractivity contribution is 0.523. The highest BCUT2D eigenvalue weighted by Crippen LogP contribution is 2.39. The maximum atomic E-state index is 2.69. The first-order chi connectivity index (χ1) is 20.8. The highest BCUT2D eigenvalue weighted by molar-refractivity contribution is 8.93. The van der Waals surface area contributed by atoms with Gasteiger partial charge < -0.3 is 9.80 Å². The molecule has 43 heavy (non-hydrogen) atoms. The average Bonchev–Trinajstić information content (AvgIpc) is 3.27. The van der Waals surface area contributed by atoms with Crippen LogP contribution in [-0.2, 0) is 0 Å². The normalized spacial score (nSPS) is 13.1. The van der Waals surface area contributed by atoms with E-state index in [9.17, 15) is 0 Å². The van der Waals surface area contributed by atoms with Crippen molar-refractivity contribution in [3.8, 4) is 0 Å². The van der Waals surface area contributed by atoms with E-state index in [-0.39, 0.29) is 17.0 Å². The number of rotatable bonds is 30. The Morgan fingerprint density at radius 1 is 0.395 bits per heavy atom. The molecule has 0 spiro atoms. The summed E-state index contributed by atoms with van der Waals surface area (Å²) in [5, 5.41) is 0. The molecule has 1 aliphatic rings. The van der Waals surface area contributed by atoms with Crippen molar-refractivity contribution in [1.29, 1.82) is 0 Å². The highest BCUT2D eigenvalue weighted by atomic mass is 79.9. The van der Waals surface area contributed by atoms with Crippen LogP contribution in [0.5, 0.6) is 0 Å². The van der Waals surface area contributed by atoms with Gasteiger partial charge in [-0.1, -0.05) is 193 Å². The second-order valence-corrected chi connectivity index (χ2v) is 13.7. The molecule has 1 aromatic carbocycles. The number of fused-ring (bicyclic) bond motifs is 1. The van der Waals surface area contributed by atoms with Crippen molar-refractivity contribution in [2.24, 2.45) is 0 Å². The molecule has 0 saturated carbocycles. The molecule has 0 atom stereocenters. The molecule has 0 radical (unpaired) electrons. The van der Waals surface area contributed by atoms with Gasteiger partial charge in [-0.25, -0.2) is 0 Å². The van der Waals surface area contributed by atoms with Gasteiger partial charge in [-0.05, 0) is 31.9 Å². The molecule has 0 unspecified atom stereocenters. The zero-order chi connectivity index (χ0) is 29.9. The van der Waals surface area contributed by atoms with Crippen molar-refractivity contribution in [3.05, 3.63) is 24.3 Å². The highest BCUT2D eigenvalue weighted by Gasteiger charge is 2.31. The quantitative estimate of drug-likeness (QED) is 0.0756. The molecule has 0 amide bonds. The Bertz CT molecular complexity index is 663. The summed E-state index contributed by atoms with van der Waals surface area (Å²) < 4.78 is 0. The van der Waals surface area contributed by atoms with Gasteiger partial charge in [0.05, 0.1) is 17.5 Å². The third-order valence-corrected chi connectivity index (χ3v) is 9.91. The van der Waals surface area contributed by atoms with Crippen LogP contribution >= 0.6 is 17.0 Å². The van der Waals surface area contributed by atoms with E-state index >= 15 is 0 Å². The summed E-state index contributed by atoms with van der Waals surface area (Å²) in [5.41, 5.74) is 2.95. The van der Waals surface area contributed by atoms with Gasteiger partial charge in [0, 0.05) is 13.1 Å². The van der Waals surface area contributed by atoms with Crippen LogP contribution in [0.1, 0.15) is 201 Å². The summed E-state index contributed by atoms with van der Waals surface area (Å²) in [6.45, 7) is 9.48. The SMILES string of the molecule is Br.CCCCCCCCCCCCCCCCN1c2ccccc2N(CCCCCCCCCCCCCCCC)C1C. The van der Waals surface area contributed by atoms with Gasteiger partial charge >= 0.3 is 0 Å². The lowest BCUT2D eigenvalue weighted by atomic mass is 10.0. The molecule has 2 rings (SSSR count). The molecule has 1 aromatic rings. The number of nitrogens with zero attached hydrogens (tertiary/aromatic N) is 2. The Balaban J connectivity index is 0.00000924. The number of anilines is 2. The number of para-hydroxylation sites is 2. The first kappa shape index (κ1) is 40.3. The molecule has 1 aliphatic heterocycles. The van der Waals surface area contributed by atoms with Gasteiger partial charge in [0.2, 0.25) is 0 Å². The summed E-state index contributed by atoms with van der Waals surface area (Å²) in [5.74, 6) is 0. The van der Waals surface area contributed by atoms with Crippen molar-refractivity contribution in [2.75, 3.05) is 22.9 Å². The van der Waals surface area contributed by atoms with Gasteiger partial charge in [0.1, 0.15) is 0 Å². The number of hydrogen-bond acceptors (Lipinski definition) is 2. The molecule has 252 valence electrons. The second kappa shape index (κ2) is 28.8. The first-order valence-corrected chi connectivity index (χ1v) is 19.4. The molecule has 2 nitrogen and oxygen atoms in total. The minimum atomic E-state index is 0. The van der Waals surface area contributed by atoms with Crippen molar-refractivity contribution >= 4 is 28.4 Å². The van der Waals surface area contributed by atoms with Crippen LogP contribution in [0, 0.1) is 0 Å². The van der Waals surface area contributed by atoms with E-state index in [1.165, 1.54) is 204 Å². The molecule has 0 aromatic heterocycles. The van der Waals surface area contributed by atoms with Crippen LogP contribution < -0.4 is 9.80 Å². The fourth-order valence-corrected chi connectivity index (χ4v) is 7.09. The summed E-state index contributed by atoms with van der Waals surface area (Å²) in [6, 6.07) is 9.20. The molecule has 0 aliphatic carbocycles. The Morgan fingerprint density at radius 3 is 0.884 bits per heavy atom. The maximum Gasteiger partial charge on any atom is 0.0988 e. The van der Waals surface area contributed by atoms with E-state index in [2.05, 4.69) is 54.8 Å². The zero-order valence-electron chi connectivity index (χ0n) is 29.4. The van der Waals surface area contributed by atoms with Crippen molar-refractivity contribution < 1.29 is 0 Å². The van der Waals surface area contributed by atoms with Gasteiger partial charge in [-0.3, -0.25) is 0 Å². The molecular formula is C40H75BrN2. The first-order valence-electron chi connectivity index (χ1n) is 19.4. The smallest absolute Gasteiger partial charge is 0.0988 e. The predicted molar refractivity (Wildman–Crippen MR) is 202 cm³/mol. The fourth-order valence-electron chi connectivity index (χ4n) is 7.09. The number of unbranched alkanes of at least 4 members (excludes halogenated alkanes) is 26. The monoisotopic (exact) mass is 663 g/mol. The van der Waals surface area contributed by atoms with Crippen LogP contribution in [0.25, 0.3) is 0 Å². The third kappa shape index (κ3) is 18.8. The minimum Gasteiger partial charge on any atom is -0.350 e. The number of halogens is 1. The second-order valence-electron chi connectivity index (χ2n) is 13.7. The Kier molecular flexibility index (Phi) is 27.0. The standard InChI is InChI=1S/C40H74N2.BrH/c1-4-6-8-10-12-14-16-18-20-22-24-26-28-32-36-41-38(3)42(40-35-31-30-34-39(40)41)37-33-29-27-25-23-21-19-17-15-13-11-9-7-5-2;/h30-31,34-35,38H,4-29,32-33,36-37H2,1-3H3;1H. The predicted octanol–water partition coefficient (Wildman–Crippen LogP) is 14.2. The maximum absolute atomic E-state index is 2.69. The Hall–Kier alpha value is -0.700. The Labute approximate surface area is 281 Å². The van der Waals surface area contributed by atoms with Crippen LogP contribution in [0.2, 0.25) is 0 Å². The van der Waals surface area contributed by atoms with E-state index in [1.807, 2.05) is 0 Å². The molecule has 3 heteroatoms. The lowest BCUT2D eigenvalue weighted by Crippen LogP contribution is -2.41. The molecule has 1 heterocycles. The van der Waals surface area contributed by atoms with E-state index < -0.39 is 0 Å². The van der Waals surface area contributed by atoms with E-state index in [0.29, 0.717) is 6.17 Å². The summed E-state index contributed by atoms with van der Waals surface area (Å²) >= 11 is 0. The summed E-state index contributed by atoms with van der Waals surface area (Å²) in [4.78, 5) is 5.39. The third-order valence-electron chi connectivity index (χ3n) is 9.91. The average molecular weight is 664 g/mol. The molecular weight excluding hydrogens is 588 g/mol. The molecule has 0 saturated heterocycles. The van der Waals surface area contributed by atoms with Gasteiger partial charge in [-0.2, -0.15) is 0 Å². The van der Waals surface area contributed by atoms with Crippen LogP contribution in [0.4, 0.5) is 11.4 Å². The topological polar surface area (TPSA) is 6.48 Å². The largest absolute Gasteiger partial charge is 0.350 e. The van der Waals surface area contributed by atoms with Crippen molar-refractivity contribution in [3.63, 3.8) is 0 Å².